The van der Waals surface area contributed by atoms with Crippen molar-refractivity contribution in [1.29, 1.82) is 0 Å². The quantitative estimate of drug-likeness (QED) is 0.317. The van der Waals surface area contributed by atoms with Crippen LogP contribution in [0.3, 0.4) is 0 Å². The number of imidazole rings is 1. The molecule has 4 aromatic rings. The Balaban J connectivity index is 1.36. The van der Waals surface area contributed by atoms with E-state index in [0.717, 1.165) is 5.01 Å². The second-order valence-corrected chi connectivity index (χ2v) is 7.90. The molecule has 1 aromatic carbocycles. The molecule has 1 unspecified atom stereocenters. The van der Waals surface area contributed by atoms with E-state index in [4.69, 9.17) is 0 Å². The predicted molar refractivity (Wildman–Crippen MR) is 127 cm³/mol. The van der Waals surface area contributed by atoms with Crippen LogP contribution in [-0.4, -0.2) is 48.7 Å². The number of esters is 1. The summed E-state index contributed by atoms with van der Waals surface area (Å²) >= 11 is 0. The number of urea groups is 1. The molecule has 0 saturated heterocycles. The van der Waals surface area contributed by atoms with Crippen LogP contribution in [-0.2, 0) is 9.53 Å². The summed E-state index contributed by atoms with van der Waals surface area (Å²) in [6.45, 7) is 0. The molecule has 3 aromatic heterocycles. The zero-order valence-corrected chi connectivity index (χ0v) is 19.3. The summed E-state index contributed by atoms with van der Waals surface area (Å²) in [5.74, 6) is 2.98. The molecule has 0 spiro atoms. The number of aromatic nitrogens is 4. The number of anilines is 1. The second-order valence-electron chi connectivity index (χ2n) is 7.90. The Hall–Kier alpha value is -5.25. The third-order valence-electron chi connectivity index (χ3n) is 5.29. The summed E-state index contributed by atoms with van der Waals surface area (Å²) in [4.78, 5) is 32.8. The fourth-order valence-electron chi connectivity index (χ4n) is 3.61. The number of hydrogen-bond donors (Lipinski definition) is 1. The summed E-state index contributed by atoms with van der Waals surface area (Å²) in [5.41, 5.74) is 2.49. The third kappa shape index (κ3) is 5.29. The van der Waals surface area contributed by atoms with Gasteiger partial charge in [-0.3, -0.25) is 4.98 Å². The van der Waals surface area contributed by atoms with Crippen molar-refractivity contribution in [1.82, 2.24) is 24.6 Å². The minimum absolute atomic E-state index is 0.273. The molecular formula is C25H16F3N7O3. The first-order chi connectivity index (χ1) is 18.3. The highest BCUT2D eigenvalue weighted by molar-refractivity contribution is 5.96. The first-order valence-corrected chi connectivity index (χ1v) is 11.1. The standard InChI is InChI=1S/C25H16F3N7O3/c26-25(27,28)23(36)38-22-14-20(19-7-1-2-11-29-19)35(33-22)24(37)32-17-6-3-5-16(13-17)9-10-18-15-30-21-8-4-12-31-34(18)21/h1-8,11-13,15,20H,14H2,(H,32,37). The lowest BCUT2D eigenvalue weighted by molar-refractivity contribution is -0.191. The molecule has 2 amide bonds. The Labute approximate surface area is 212 Å². The number of hydrazone groups is 1. The van der Waals surface area contributed by atoms with Gasteiger partial charge in [-0.05, 0) is 48.4 Å². The second kappa shape index (κ2) is 10.0. The highest BCUT2D eigenvalue weighted by atomic mass is 19.4. The van der Waals surface area contributed by atoms with E-state index in [0.29, 0.717) is 28.3 Å². The first kappa shape index (κ1) is 24.4. The van der Waals surface area contributed by atoms with Crippen molar-refractivity contribution < 1.29 is 27.5 Å². The number of amides is 2. The van der Waals surface area contributed by atoms with Gasteiger partial charge in [0.25, 0.3) is 0 Å². The number of carbonyl (C=O) groups excluding carboxylic acids is 2. The van der Waals surface area contributed by atoms with Gasteiger partial charge in [0.2, 0.25) is 5.90 Å². The molecule has 13 heteroatoms. The summed E-state index contributed by atoms with van der Waals surface area (Å²) in [5, 5.41) is 11.6. The molecule has 190 valence electrons. The number of ether oxygens (including phenoxy) is 1. The van der Waals surface area contributed by atoms with Crippen LogP contribution in [0.2, 0.25) is 0 Å². The van der Waals surface area contributed by atoms with E-state index in [-0.39, 0.29) is 6.42 Å². The molecule has 1 N–H and O–H groups in total. The monoisotopic (exact) mass is 519 g/mol. The molecule has 1 aliphatic heterocycles. The number of pyridine rings is 1. The van der Waals surface area contributed by atoms with Gasteiger partial charge in [-0.1, -0.05) is 18.1 Å². The molecule has 0 saturated carbocycles. The average molecular weight is 519 g/mol. The lowest BCUT2D eigenvalue weighted by Crippen LogP contribution is -2.31. The molecule has 0 bridgehead atoms. The van der Waals surface area contributed by atoms with E-state index in [1.807, 2.05) is 0 Å². The fourth-order valence-corrected chi connectivity index (χ4v) is 3.61. The van der Waals surface area contributed by atoms with E-state index in [1.54, 1.807) is 71.5 Å². The molecular weight excluding hydrogens is 503 g/mol. The van der Waals surface area contributed by atoms with Gasteiger partial charge in [-0.15, -0.1) is 5.10 Å². The largest absolute Gasteiger partial charge is 0.491 e. The number of halogens is 3. The van der Waals surface area contributed by atoms with Crippen LogP contribution in [0.25, 0.3) is 5.65 Å². The van der Waals surface area contributed by atoms with Crippen LogP contribution >= 0.6 is 0 Å². The number of hydrogen-bond acceptors (Lipinski definition) is 7. The first-order valence-electron chi connectivity index (χ1n) is 11.1. The van der Waals surface area contributed by atoms with E-state index < -0.39 is 30.1 Å². The number of nitrogens with one attached hydrogen (secondary N) is 1. The van der Waals surface area contributed by atoms with E-state index in [1.165, 1.54) is 6.20 Å². The summed E-state index contributed by atoms with van der Waals surface area (Å²) < 4.78 is 44.0. The van der Waals surface area contributed by atoms with E-state index in [9.17, 15) is 22.8 Å². The molecule has 38 heavy (non-hydrogen) atoms. The maximum Gasteiger partial charge on any atom is 0.491 e. The van der Waals surface area contributed by atoms with Gasteiger partial charge in [0.05, 0.1) is 18.3 Å². The third-order valence-corrected chi connectivity index (χ3v) is 5.29. The topological polar surface area (TPSA) is 114 Å². The molecule has 0 fully saturated rings. The molecule has 10 nitrogen and oxygen atoms in total. The van der Waals surface area contributed by atoms with Crippen LogP contribution in [0.4, 0.5) is 23.7 Å². The van der Waals surface area contributed by atoms with Gasteiger partial charge in [0.1, 0.15) is 11.7 Å². The van der Waals surface area contributed by atoms with Crippen molar-refractivity contribution in [2.24, 2.45) is 5.10 Å². The molecule has 1 aliphatic rings. The van der Waals surface area contributed by atoms with Crippen LogP contribution in [0, 0.1) is 11.8 Å². The van der Waals surface area contributed by atoms with Crippen molar-refractivity contribution >= 4 is 29.2 Å². The van der Waals surface area contributed by atoms with E-state index in [2.05, 4.69) is 42.1 Å². The van der Waals surface area contributed by atoms with Crippen LogP contribution < -0.4 is 5.32 Å². The molecule has 4 heterocycles. The van der Waals surface area contributed by atoms with Gasteiger partial charge in [0, 0.05) is 23.6 Å². The van der Waals surface area contributed by atoms with Crippen molar-refractivity contribution in [3.63, 3.8) is 0 Å². The normalized spacial score (nSPS) is 15.0. The molecule has 5 rings (SSSR count). The minimum atomic E-state index is -5.21. The molecule has 1 atom stereocenters. The lowest BCUT2D eigenvalue weighted by atomic mass is 10.1. The Bertz CT molecular complexity index is 1610. The van der Waals surface area contributed by atoms with Gasteiger partial charge >= 0.3 is 18.2 Å². The Morgan fingerprint density at radius 3 is 2.68 bits per heavy atom. The fraction of sp³-hybridized carbons (Fsp3) is 0.120. The van der Waals surface area contributed by atoms with Crippen LogP contribution in [0.15, 0.2) is 78.3 Å². The lowest BCUT2D eigenvalue weighted by Gasteiger charge is -2.21. The van der Waals surface area contributed by atoms with Crippen molar-refractivity contribution in [3.05, 3.63) is 90.1 Å². The number of nitrogens with zero attached hydrogens (tertiary/aromatic N) is 6. The van der Waals surface area contributed by atoms with Crippen LogP contribution in [0.1, 0.15) is 29.4 Å². The van der Waals surface area contributed by atoms with Crippen molar-refractivity contribution in [2.75, 3.05) is 5.32 Å². The summed E-state index contributed by atoms with van der Waals surface area (Å²) in [7, 11) is 0. The SMILES string of the molecule is O=C(Nc1cccc(C#Cc2cnc3cccnn23)c1)N1N=C(OC(=O)C(F)(F)F)CC1c1ccccn1. The van der Waals surface area contributed by atoms with Crippen molar-refractivity contribution in [3.8, 4) is 11.8 Å². The Morgan fingerprint density at radius 2 is 1.89 bits per heavy atom. The van der Waals surface area contributed by atoms with Gasteiger partial charge in [-0.25, -0.2) is 24.1 Å². The number of alkyl halides is 3. The highest BCUT2D eigenvalue weighted by Gasteiger charge is 2.44. The van der Waals surface area contributed by atoms with Gasteiger partial charge in [-0.2, -0.15) is 18.3 Å². The average Bonchev–Trinajstić information content (AvgIpc) is 3.52. The summed E-state index contributed by atoms with van der Waals surface area (Å²) in [6, 6.07) is 13.4. The summed E-state index contributed by atoms with van der Waals surface area (Å²) in [6.07, 6.45) is -0.811. The highest BCUT2D eigenvalue weighted by Crippen LogP contribution is 2.31. The maximum atomic E-state index is 13.1. The number of fused-ring (bicyclic) bond motifs is 1. The number of carbonyl (C=O) groups is 2. The van der Waals surface area contributed by atoms with Gasteiger partial charge < -0.3 is 10.1 Å². The van der Waals surface area contributed by atoms with E-state index >= 15 is 0 Å². The molecule has 0 radical (unpaired) electrons. The predicted octanol–water partition coefficient (Wildman–Crippen LogP) is 3.92. The van der Waals surface area contributed by atoms with Crippen LogP contribution in [0.5, 0.6) is 0 Å². The Kier molecular flexibility index (Phi) is 6.44. The van der Waals surface area contributed by atoms with Gasteiger partial charge in [0.15, 0.2) is 5.65 Å². The molecule has 0 aliphatic carbocycles. The minimum Gasteiger partial charge on any atom is -0.403 e. The number of benzene rings is 1. The maximum absolute atomic E-state index is 13.1. The Morgan fingerprint density at radius 1 is 1.03 bits per heavy atom. The van der Waals surface area contributed by atoms with Crippen molar-refractivity contribution in [2.45, 2.75) is 18.6 Å². The number of rotatable bonds is 2. The smallest absolute Gasteiger partial charge is 0.403 e. The zero-order chi connectivity index (χ0) is 26.7. The zero-order valence-electron chi connectivity index (χ0n) is 19.3.